The van der Waals surface area contributed by atoms with E-state index in [9.17, 15) is 4.79 Å². The van der Waals surface area contributed by atoms with E-state index in [1.165, 1.54) is 10.9 Å². The fraction of sp³-hybridized carbons (Fsp3) is 0.444. The van der Waals surface area contributed by atoms with Crippen molar-refractivity contribution < 1.29 is 5.11 Å². The first-order valence-corrected chi connectivity index (χ1v) is 9.06. The number of hydrogen-bond acceptors (Lipinski definition) is 7. The lowest BCUT2D eigenvalue weighted by Crippen LogP contribution is -2.46. The molecule has 0 spiro atoms. The van der Waals surface area contributed by atoms with Crippen molar-refractivity contribution in [2.24, 2.45) is 7.05 Å². The number of piperazine rings is 1. The summed E-state index contributed by atoms with van der Waals surface area (Å²) in [4.78, 5) is 21.5. The van der Waals surface area contributed by atoms with E-state index in [2.05, 4.69) is 25.0 Å². The molecule has 9 heteroatoms. The maximum Gasteiger partial charge on any atom is 0.261 e. The smallest absolute Gasteiger partial charge is 0.261 e. The second-order valence-electron chi connectivity index (χ2n) is 6.79. The van der Waals surface area contributed by atoms with Crippen molar-refractivity contribution >= 4 is 16.6 Å². The summed E-state index contributed by atoms with van der Waals surface area (Å²) in [5.74, 6) is 0.970. The third-order valence-corrected chi connectivity index (χ3v) is 5.06. The summed E-state index contributed by atoms with van der Waals surface area (Å²) >= 11 is 0. The lowest BCUT2D eigenvalue weighted by Gasteiger charge is -2.35. The van der Waals surface area contributed by atoms with E-state index >= 15 is 0 Å². The maximum atomic E-state index is 12.4. The second kappa shape index (κ2) is 7.45. The molecular weight excluding hydrogens is 346 g/mol. The van der Waals surface area contributed by atoms with Crippen LogP contribution in [-0.2, 0) is 20.1 Å². The molecule has 142 valence electrons. The van der Waals surface area contributed by atoms with Crippen LogP contribution in [0.1, 0.15) is 5.82 Å². The van der Waals surface area contributed by atoms with Gasteiger partial charge in [-0.25, -0.2) is 4.98 Å². The van der Waals surface area contributed by atoms with E-state index < -0.39 is 0 Å². The molecule has 1 N–H and O–H groups in total. The highest BCUT2D eigenvalue weighted by Crippen LogP contribution is 2.20. The molecule has 0 saturated carbocycles. The summed E-state index contributed by atoms with van der Waals surface area (Å²) in [6.07, 6.45) is 3.23. The van der Waals surface area contributed by atoms with Crippen LogP contribution in [0.25, 0.3) is 10.9 Å². The molecule has 0 bridgehead atoms. The highest BCUT2D eigenvalue weighted by atomic mass is 16.3. The predicted molar refractivity (Wildman–Crippen MR) is 102 cm³/mol. The van der Waals surface area contributed by atoms with E-state index in [1.54, 1.807) is 6.33 Å². The normalized spacial score (nSPS) is 15.6. The molecule has 1 aliphatic heterocycles. The first kappa shape index (κ1) is 17.6. The number of aliphatic hydroxyl groups is 1. The van der Waals surface area contributed by atoms with Gasteiger partial charge in [-0.1, -0.05) is 0 Å². The number of nitrogens with zero attached hydrogens (tertiary/aromatic N) is 7. The average molecular weight is 369 g/mol. The van der Waals surface area contributed by atoms with E-state index in [-0.39, 0.29) is 18.7 Å². The van der Waals surface area contributed by atoms with Gasteiger partial charge in [-0.15, -0.1) is 10.2 Å². The molecule has 1 aromatic carbocycles. The highest BCUT2D eigenvalue weighted by Gasteiger charge is 2.19. The Kier molecular flexibility index (Phi) is 4.87. The number of fused-ring (bicyclic) bond motifs is 1. The lowest BCUT2D eigenvalue weighted by atomic mass is 10.2. The van der Waals surface area contributed by atoms with Crippen LogP contribution in [0.5, 0.6) is 0 Å². The Morgan fingerprint density at radius 1 is 1.15 bits per heavy atom. The minimum atomic E-state index is -0.117. The van der Waals surface area contributed by atoms with Gasteiger partial charge >= 0.3 is 0 Å². The minimum Gasteiger partial charge on any atom is -0.395 e. The fourth-order valence-corrected chi connectivity index (χ4v) is 3.42. The van der Waals surface area contributed by atoms with Gasteiger partial charge in [0.15, 0.2) is 0 Å². The third kappa shape index (κ3) is 3.56. The van der Waals surface area contributed by atoms with Crippen LogP contribution in [-0.4, -0.2) is 67.1 Å². The zero-order valence-electron chi connectivity index (χ0n) is 15.3. The van der Waals surface area contributed by atoms with Gasteiger partial charge in [0.25, 0.3) is 5.56 Å². The van der Waals surface area contributed by atoms with Gasteiger partial charge in [0.2, 0.25) is 0 Å². The topological polar surface area (TPSA) is 92.3 Å². The van der Waals surface area contributed by atoms with Crippen molar-refractivity contribution in [3.05, 3.63) is 47.0 Å². The molecule has 0 amide bonds. The van der Waals surface area contributed by atoms with Gasteiger partial charge in [0.1, 0.15) is 12.2 Å². The van der Waals surface area contributed by atoms with Crippen LogP contribution < -0.4 is 10.5 Å². The van der Waals surface area contributed by atoms with E-state index in [4.69, 9.17) is 5.11 Å². The van der Waals surface area contributed by atoms with Crippen LogP contribution in [0.4, 0.5) is 5.69 Å². The number of aliphatic hydroxyl groups excluding tert-OH is 1. The van der Waals surface area contributed by atoms with Gasteiger partial charge < -0.3 is 14.6 Å². The van der Waals surface area contributed by atoms with Crippen molar-refractivity contribution in [1.82, 2.24) is 29.2 Å². The van der Waals surface area contributed by atoms with Gasteiger partial charge in [0.05, 0.1) is 36.9 Å². The molecule has 4 rings (SSSR count). The van der Waals surface area contributed by atoms with Gasteiger partial charge in [-0.05, 0) is 18.2 Å². The summed E-state index contributed by atoms with van der Waals surface area (Å²) in [5.41, 5.74) is 1.65. The van der Waals surface area contributed by atoms with E-state index in [1.807, 2.05) is 29.8 Å². The van der Waals surface area contributed by atoms with Crippen molar-refractivity contribution in [2.75, 3.05) is 37.7 Å². The van der Waals surface area contributed by atoms with Crippen LogP contribution in [0.2, 0.25) is 0 Å². The van der Waals surface area contributed by atoms with Gasteiger partial charge in [-0.2, -0.15) is 0 Å². The van der Waals surface area contributed by atoms with E-state index in [0.29, 0.717) is 10.9 Å². The van der Waals surface area contributed by atoms with Gasteiger partial charge in [0, 0.05) is 38.9 Å². The molecule has 27 heavy (non-hydrogen) atoms. The number of aromatic nitrogens is 5. The molecule has 1 fully saturated rings. The number of anilines is 1. The first-order valence-electron chi connectivity index (χ1n) is 9.06. The Balaban J connectivity index is 1.46. The monoisotopic (exact) mass is 369 g/mol. The third-order valence-electron chi connectivity index (χ3n) is 5.06. The van der Waals surface area contributed by atoms with Crippen molar-refractivity contribution in [3.8, 4) is 0 Å². The molecule has 1 aliphatic rings. The maximum absolute atomic E-state index is 12.4. The Morgan fingerprint density at radius 3 is 2.67 bits per heavy atom. The molecular formula is C18H23N7O2. The predicted octanol–water partition coefficient (Wildman–Crippen LogP) is -0.160. The van der Waals surface area contributed by atoms with E-state index in [0.717, 1.165) is 44.2 Å². The Morgan fingerprint density at radius 2 is 1.96 bits per heavy atom. The number of benzene rings is 1. The van der Waals surface area contributed by atoms with Crippen molar-refractivity contribution in [2.45, 2.75) is 13.1 Å². The Hall–Kier alpha value is -2.78. The number of aryl methyl sites for hydroxylation is 1. The van der Waals surface area contributed by atoms with Crippen LogP contribution in [0, 0.1) is 0 Å². The molecule has 9 nitrogen and oxygen atoms in total. The standard InChI is InChI=1S/C18H23N7O2/c1-22-13-20-21-17(22)11-23-4-6-24(7-5-23)14-2-3-15-16(10-14)19-12-25(8-9-26)18(15)27/h2-3,10,12-13,26H,4-9,11H2,1H3. The van der Waals surface area contributed by atoms with Crippen molar-refractivity contribution in [1.29, 1.82) is 0 Å². The largest absolute Gasteiger partial charge is 0.395 e. The zero-order chi connectivity index (χ0) is 18.8. The molecule has 0 aliphatic carbocycles. The lowest BCUT2D eigenvalue weighted by molar-refractivity contribution is 0.241. The summed E-state index contributed by atoms with van der Waals surface area (Å²) in [6.45, 7) is 4.68. The molecule has 3 aromatic rings. The molecule has 0 atom stereocenters. The molecule has 2 aromatic heterocycles. The minimum absolute atomic E-state index is 0.0796. The van der Waals surface area contributed by atoms with Gasteiger partial charge in [-0.3, -0.25) is 14.3 Å². The summed E-state index contributed by atoms with van der Waals surface area (Å²) in [7, 11) is 1.96. The second-order valence-corrected chi connectivity index (χ2v) is 6.79. The SMILES string of the molecule is Cn1cnnc1CN1CCN(c2ccc3c(=O)n(CCO)cnc3c2)CC1. The molecule has 1 saturated heterocycles. The van der Waals surface area contributed by atoms with Crippen molar-refractivity contribution in [3.63, 3.8) is 0 Å². The first-order chi connectivity index (χ1) is 13.2. The zero-order valence-corrected chi connectivity index (χ0v) is 15.3. The van der Waals surface area contributed by atoms with Crippen LogP contribution in [0.3, 0.4) is 0 Å². The average Bonchev–Trinajstić information content (AvgIpc) is 3.09. The summed E-state index contributed by atoms with van der Waals surface area (Å²) in [6, 6.07) is 5.78. The number of rotatable bonds is 5. The summed E-state index contributed by atoms with van der Waals surface area (Å²) in [5, 5.41) is 17.7. The molecule has 0 unspecified atom stereocenters. The molecule has 3 heterocycles. The Labute approximate surface area is 156 Å². The fourth-order valence-electron chi connectivity index (χ4n) is 3.42. The number of hydrogen-bond donors (Lipinski definition) is 1. The molecule has 0 radical (unpaired) electrons. The van der Waals surface area contributed by atoms with Crippen LogP contribution >= 0.6 is 0 Å². The Bertz CT molecular complexity index is 989. The highest BCUT2D eigenvalue weighted by molar-refractivity contribution is 5.81. The van der Waals surface area contributed by atoms with Crippen LogP contribution in [0.15, 0.2) is 35.6 Å². The summed E-state index contributed by atoms with van der Waals surface area (Å²) < 4.78 is 3.39. The quantitative estimate of drug-likeness (QED) is 0.668.